The Morgan fingerprint density at radius 1 is 1.04 bits per heavy atom. The molecule has 0 saturated heterocycles. The van der Waals surface area contributed by atoms with Gasteiger partial charge in [0.15, 0.2) is 16.6 Å². The van der Waals surface area contributed by atoms with Gasteiger partial charge in [0.25, 0.3) is 0 Å². The minimum Gasteiger partial charge on any atom is -0.478 e. The van der Waals surface area contributed by atoms with Gasteiger partial charge >= 0.3 is 21.2 Å². The lowest BCUT2D eigenvalue weighted by Gasteiger charge is -2.33. The Kier molecular flexibility index (Phi) is 9.21. The summed E-state index contributed by atoms with van der Waals surface area (Å²) in [5.41, 5.74) is 0.213. The van der Waals surface area contributed by atoms with Gasteiger partial charge in [0.2, 0.25) is 0 Å². The number of carboxylic acid groups (broad SMARTS) is 1. The fourth-order valence-corrected chi connectivity index (χ4v) is 10.1. The Bertz CT molecular complexity index is 409. The van der Waals surface area contributed by atoms with Crippen LogP contribution in [-0.2, 0) is 22.6 Å². The minimum absolute atomic E-state index is 0.213. The van der Waals surface area contributed by atoms with Crippen LogP contribution in [0.5, 0.6) is 0 Å². The summed E-state index contributed by atoms with van der Waals surface area (Å²) in [6.45, 7) is 15.2. The van der Waals surface area contributed by atoms with Crippen LogP contribution in [0.25, 0.3) is 0 Å². The van der Waals surface area contributed by atoms with Crippen LogP contribution >= 0.6 is 0 Å². The molecule has 0 fully saturated rings. The van der Waals surface area contributed by atoms with Crippen molar-refractivity contribution in [2.75, 3.05) is 6.61 Å². The lowest BCUT2D eigenvalue weighted by molar-refractivity contribution is -0.138. The molecule has 0 rings (SSSR count). The monoisotopic (exact) mass is 378 g/mol. The molecule has 0 spiro atoms. The summed E-state index contributed by atoms with van der Waals surface area (Å²) >= 11 is 0. The summed E-state index contributed by atoms with van der Waals surface area (Å²) in [5, 5.41) is 8.45. The lowest BCUT2D eigenvalue weighted by Crippen LogP contribution is -2.45. The van der Waals surface area contributed by atoms with Gasteiger partial charge in [-0.1, -0.05) is 6.92 Å². The standard InChI is InChI=1S/C14H30O6Si3/c1-12(10-11-18-14(17)9-8-13(15)16)21(19-22(2,3)4)20-23(5,6)7/h8-9,12,21H,10-11H2,1-7H3,(H,15,16)/b9-8+. The molecule has 0 aliphatic heterocycles. The van der Waals surface area contributed by atoms with Gasteiger partial charge < -0.3 is 18.1 Å². The van der Waals surface area contributed by atoms with E-state index in [1.807, 2.05) is 0 Å². The number of carboxylic acids is 1. The summed E-state index contributed by atoms with van der Waals surface area (Å²) in [7, 11) is -5.24. The van der Waals surface area contributed by atoms with E-state index in [1.165, 1.54) is 0 Å². The van der Waals surface area contributed by atoms with Gasteiger partial charge in [-0.25, -0.2) is 9.59 Å². The first-order chi connectivity index (χ1) is 10.3. The van der Waals surface area contributed by atoms with Crippen molar-refractivity contribution in [2.45, 2.75) is 58.2 Å². The molecule has 0 aliphatic carbocycles. The van der Waals surface area contributed by atoms with E-state index < -0.39 is 37.9 Å². The van der Waals surface area contributed by atoms with Crippen LogP contribution < -0.4 is 0 Å². The first-order valence-corrected chi connectivity index (χ1v) is 16.2. The predicted octanol–water partition coefficient (Wildman–Crippen LogP) is 2.87. The maximum Gasteiger partial charge on any atom is 0.331 e. The predicted molar refractivity (Wildman–Crippen MR) is 97.8 cm³/mol. The zero-order chi connectivity index (χ0) is 18.3. The highest BCUT2D eigenvalue weighted by atomic mass is 28.4. The topological polar surface area (TPSA) is 82.1 Å². The Labute approximate surface area is 142 Å². The molecule has 9 heteroatoms. The number of rotatable bonds is 10. The van der Waals surface area contributed by atoms with E-state index in [4.69, 9.17) is 18.1 Å². The van der Waals surface area contributed by atoms with E-state index >= 15 is 0 Å². The van der Waals surface area contributed by atoms with Crippen molar-refractivity contribution >= 4 is 37.9 Å². The van der Waals surface area contributed by atoms with Crippen LogP contribution in [0.2, 0.25) is 44.8 Å². The Morgan fingerprint density at radius 2 is 1.52 bits per heavy atom. The van der Waals surface area contributed by atoms with Gasteiger partial charge in [0.05, 0.1) is 6.61 Å². The summed E-state index contributed by atoms with van der Waals surface area (Å²) in [5.74, 6) is -1.81. The second-order valence-corrected chi connectivity index (χ2v) is 19.6. The lowest BCUT2D eigenvalue weighted by atomic mass is 10.3. The SMILES string of the molecule is CC(CCOC(=O)/C=C/C(=O)O)[SiH](O[Si](C)(C)C)O[Si](C)(C)C. The normalized spacial score (nSPS) is 14.3. The number of ether oxygens (including phenoxy) is 1. The molecule has 1 atom stereocenters. The third-order valence-electron chi connectivity index (χ3n) is 2.58. The van der Waals surface area contributed by atoms with Gasteiger partial charge in [-0.05, 0) is 51.2 Å². The van der Waals surface area contributed by atoms with Crippen molar-refractivity contribution in [1.82, 2.24) is 0 Å². The van der Waals surface area contributed by atoms with Crippen LogP contribution in [0.1, 0.15) is 13.3 Å². The first kappa shape index (κ1) is 22.3. The van der Waals surface area contributed by atoms with E-state index in [2.05, 4.69) is 46.2 Å². The van der Waals surface area contributed by atoms with Crippen molar-refractivity contribution in [2.24, 2.45) is 0 Å². The fourth-order valence-electron chi connectivity index (χ4n) is 1.62. The van der Waals surface area contributed by atoms with E-state index in [0.717, 1.165) is 12.2 Å². The Balaban J connectivity index is 4.51. The molecule has 0 aromatic carbocycles. The molecule has 1 unspecified atom stereocenters. The highest BCUT2D eigenvalue weighted by Gasteiger charge is 2.32. The quantitative estimate of drug-likeness (QED) is 0.357. The smallest absolute Gasteiger partial charge is 0.331 e. The molecule has 1 N–H and O–H groups in total. The average molecular weight is 379 g/mol. The van der Waals surface area contributed by atoms with Crippen LogP contribution in [-0.4, -0.2) is 49.6 Å². The number of carbonyl (C=O) groups excluding carboxylic acids is 1. The zero-order valence-electron chi connectivity index (χ0n) is 15.2. The van der Waals surface area contributed by atoms with Gasteiger partial charge in [-0.15, -0.1) is 0 Å². The number of hydrogen-bond acceptors (Lipinski definition) is 5. The molecular formula is C14H30O6Si3. The first-order valence-electron chi connectivity index (χ1n) is 7.73. The van der Waals surface area contributed by atoms with Gasteiger partial charge in [0, 0.05) is 12.2 Å². The summed E-state index contributed by atoms with van der Waals surface area (Å²) < 4.78 is 17.6. The van der Waals surface area contributed by atoms with Crippen LogP contribution in [0.4, 0.5) is 0 Å². The molecule has 0 heterocycles. The Hall–Kier alpha value is -0.749. The maximum atomic E-state index is 11.3. The summed E-state index contributed by atoms with van der Waals surface area (Å²) in [6.07, 6.45) is 2.34. The van der Waals surface area contributed by atoms with Crippen molar-refractivity contribution in [1.29, 1.82) is 0 Å². The second kappa shape index (κ2) is 9.52. The maximum absolute atomic E-state index is 11.3. The number of hydrogen-bond donors (Lipinski definition) is 1. The Morgan fingerprint density at radius 3 is 1.91 bits per heavy atom. The van der Waals surface area contributed by atoms with E-state index in [9.17, 15) is 9.59 Å². The van der Waals surface area contributed by atoms with Gasteiger partial charge in [0.1, 0.15) is 0 Å². The highest BCUT2D eigenvalue weighted by molar-refractivity contribution is 6.81. The molecule has 0 aromatic rings. The van der Waals surface area contributed by atoms with Crippen LogP contribution in [0, 0.1) is 0 Å². The molecule has 0 aliphatic rings. The summed E-state index contributed by atoms with van der Waals surface area (Å²) in [6, 6.07) is 0. The third-order valence-corrected chi connectivity index (χ3v) is 11.4. The van der Waals surface area contributed by atoms with Crippen molar-refractivity contribution in [3.63, 3.8) is 0 Å². The molecule has 23 heavy (non-hydrogen) atoms. The molecular weight excluding hydrogens is 348 g/mol. The molecule has 0 radical (unpaired) electrons. The van der Waals surface area contributed by atoms with Crippen LogP contribution in [0.15, 0.2) is 12.2 Å². The second-order valence-electron chi connectivity index (χ2n) is 7.43. The molecule has 6 nitrogen and oxygen atoms in total. The highest BCUT2D eigenvalue weighted by Crippen LogP contribution is 2.23. The largest absolute Gasteiger partial charge is 0.478 e. The number of aliphatic carboxylic acids is 1. The third kappa shape index (κ3) is 13.4. The zero-order valence-corrected chi connectivity index (χ0v) is 18.4. The number of esters is 1. The van der Waals surface area contributed by atoms with Gasteiger partial charge in [-0.3, -0.25) is 0 Å². The van der Waals surface area contributed by atoms with E-state index in [0.29, 0.717) is 6.42 Å². The van der Waals surface area contributed by atoms with Crippen LogP contribution in [0.3, 0.4) is 0 Å². The molecule has 0 bridgehead atoms. The fraction of sp³-hybridized carbons (Fsp3) is 0.714. The molecule has 0 saturated carbocycles. The molecule has 0 aromatic heterocycles. The van der Waals surface area contributed by atoms with Crippen molar-refractivity contribution in [3.8, 4) is 0 Å². The number of carbonyl (C=O) groups is 2. The van der Waals surface area contributed by atoms with Gasteiger partial charge in [-0.2, -0.15) is 0 Å². The minimum atomic E-state index is -1.85. The van der Waals surface area contributed by atoms with E-state index in [1.54, 1.807) is 0 Å². The summed E-state index contributed by atoms with van der Waals surface area (Å²) in [4.78, 5) is 21.7. The van der Waals surface area contributed by atoms with Crippen molar-refractivity contribution in [3.05, 3.63) is 12.2 Å². The van der Waals surface area contributed by atoms with Crippen molar-refractivity contribution < 1.29 is 27.7 Å². The van der Waals surface area contributed by atoms with E-state index in [-0.39, 0.29) is 12.1 Å². The molecule has 0 amide bonds. The average Bonchev–Trinajstić information content (AvgIpc) is 2.32. The molecule has 134 valence electrons.